The van der Waals surface area contributed by atoms with Crippen molar-refractivity contribution in [2.24, 2.45) is 0 Å². The molecule has 0 bridgehead atoms. The lowest BCUT2D eigenvalue weighted by atomic mass is 9.97. The minimum Gasteiger partial charge on any atom is -0.309 e. The van der Waals surface area contributed by atoms with Crippen LogP contribution in [-0.4, -0.2) is 19.1 Å². The van der Waals surface area contributed by atoms with Crippen LogP contribution in [0.4, 0.5) is 0 Å². The number of hydrogen-bond donors (Lipinski definition) is 0. The van der Waals surface area contributed by atoms with Crippen LogP contribution in [0.1, 0.15) is 0 Å². The summed E-state index contributed by atoms with van der Waals surface area (Å²) in [5.74, 6) is 0.700. The van der Waals surface area contributed by atoms with Gasteiger partial charge in [-0.3, -0.25) is 0 Å². The SMILES string of the molecule is c1ccc(-c2cc(-c3cccc4c5cc(-c6cccc7c6c6ccccc6n7-c6ccccc6)ccc5n(-c5ccccc5)c34)nc(-c3ccccc3)n2)cc1. The van der Waals surface area contributed by atoms with Crippen LogP contribution in [0.5, 0.6) is 0 Å². The summed E-state index contributed by atoms with van der Waals surface area (Å²) in [5, 5.41) is 4.85. The van der Waals surface area contributed by atoms with Gasteiger partial charge in [0.15, 0.2) is 5.82 Å². The molecule has 4 nitrogen and oxygen atoms in total. The topological polar surface area (TPSA) is 35.6 Å². The first kappa shape index (κ1) is 31.9. The van der Waals surface area contributed by atoms with Gasteiger partial charge in [-0.05, 0) is 65.7 Å². The van der Waals surface area contributed by atoms with Crippen molar-refractivity contribution in [1.29, 1.82) is 0 Å². The molecular weight excluding hydrogens is 681 g/mol. The smallest absolute Gasteiger partial charge is 0.160 e. The first-order valence-corrected chi connectivity index (χ1v) is 19.0. The van der Waals surface area contributed by atoms with E-state index in [0.29, 0.717) is 5.82 Å². The van der Waals surface area contributed by atoms with E-state index >= 15 is 0 Å². The van der Waals surface area contributed by atoms with Crippen LogP contribution in [0.25, 0.3) is 100 Å². The molecule has 3 heterocycles. The third-order valence-corrected chi connectivity index (χ3v) is 10.9. The molecule has 0 aliphatic heterocycles. The molecule has 0 fully saturated rings. The summed E-state index contributed by atoms with van der Waals surface area (Å²) >= 11 is 0. The molecular formula is C52H34N4. The van der Waals surface area contributed by atoms with E-state index in [9.17, 15) is 0 Å². The monoisotopic (exact) mass is 714 g/mol. The predicted octanol–water partition coefficient (Wildman–Crippen LogP) is 13.3. The maximum absolute atomic E-state index is 5.28. The van der Waals surface area contributed by atoms with E-state index < -0.39 is 0 Å². The van der Waals surface area contributed by atoms with Gasteiger partial charge >= 0.3 is 0 Å². The summed E-state index contributed by atoms with van der Waals surface area (Å²) in [7, 11) is 0. The Bertz CT molecular complexity index is 3160. The standard InChI is InChI=1S/C52H34N4/c1-5-17-35(18-6-1)45-34-46(54-52(53-45)36-19-7-2-8-20-36)42-28-15-27-41-44-33-37(31-32-48(44)56(51(41)42)39-23-11-4-12-24-39)40-26-16-30-49-50(40)43-25-13-14-29-47(43)55(49)38-21-9-3-10-22-38/h1-34H. The average molecular weight is 715 g/mol. The molecule has 0 unspecified atom stereocenters. The normalized spacial score (nSPS) is 11.6. The van der Waals surface area contributed by atoms with E-state index in [0.717, 1.165) is 50.5 Å². The number of para-hydroxylation sites is 4. The van der Waals surface area contributed by atoms with Gasteiger partial charge in [-0.2, -0.15) is 0 Å². The average Bonchev–Trinajstić information content (AvgIpc) is 3.80. The Morgan fingerprint density at radius 3 is 1.62 bits per heavy atom. The molecule has 11 rings (SSSR count). The van der Waals surface area contributed by atoms with E-state index in [1.165, 1.54) is 43.7 Å². The second-order valence-corrected chi connectivity index (χ2v) is 14.2. The largest absolute Gasteiger partial charge is 0.309 e. The summed E-state index contributed by atoms with van der Waals surface area (Å²) in [5.41, 5.74) is 14.1. The van der Waals surface area contributed by atoms with Gasteiger partial charge < -0.3 is 9.13 Å². The lowest BCUT2D eigenvalue weighted by molar-refractivity contribution is 1.16. The zero-order valence-corrected chi connectivity index (χ0v) is 30.4. The summed E-state index contributed by atoms with van der Waals surface area (Å²) in [6.45, 7) is 0. The van der Waals surface area contributed by atoms with Crippen molar-refractivity contribution in [3.05, 3.63) is 206 Å². The second kappa shape index (κ2) is 13.1. The third-order valence-electron chi connectivity index (χ3n) is 10.9. The van der Waals surface area contributed by atoms with Crippen LogP contribution in [0.3, 0.4) is 0 Å². The van der Waals surface area contributed by atoms with Crippen molar-refractivity contribution < 1.29 is 0 Å². The molecule has 3 aromatic heterocycles. The molecule has 56 heavy (non-hydrogen) atoms. The number of fused-ring (bicyclic) bond motifs is 6. The van der Waals surface area contributed by atoms with E-state index in [1.54, 1.807) is 0 Å². The van der Waals surface area contributed by atoms with Gasteiger partial charge in [-0.25, -0.2) is 9.97 Å². The Balaban J connectivity index is 1.18. The molecule has 0 aliphatic rings. The van der Waals surface area contributed by atoms with Gasteiger partial charge in [0, 0.05) is 49.6 Å². The molecule has 0 radical (unpaired) electrons. The minimum absolute atomic E-state index is 0.700. The zero-order valence-electron chi connectivity index (χ0n) is 30.4. The van der Waals surface area contributed by atoms with Gasteiger partial charge in [-0.15, -0.1) is 0 Å². The molecule has 0 atom stereocenters. The summed E-state index contributed by atoms with van der Waals surface area (Å²) in [6.07, 6.45) is 0. The van der Waals surface area contributed by atoms with Gasteiger partial charge in [0.2, 0.25) is 0 Å². The molecule has 11 aromatic rings. The molecule has 0 spiro atoms. The molecule has 0 N–H and O–H groups in total. The number of rotatable bonds is 6. The maximum Gasteiger partial charge on any atom is 0.160 e. The Kier molecular flexibility index (Phi) is 7.46. The van der Waals surface area contributed by atoms with Crippen molar-refractivity contribution in [1.82, 2.24) is 19.1 Å². The van der Waals surface area contributed by atoms with Crippen LogP contribution in [-0.2, 0) is 0 Å². The van der Waals surface area contributed by atoms with Crippen LogP contribution in [0.2, 0.25) is 0 Å². The van der Waals surface area contributed by atoms with E-state index in [2.05, 4.69) is 191 Å². The highest BCUT2D eigenvalue weighted by molar-refractivity contribution is 6.18. The quantitative estimate of drug-likeness (QED) is 0.172. The molecule has 8 aromatic carbocycles. The first-order chi connectivity index (χ1) is 27.8. The van der Waals surface area contributed by atoms with Gasteiger partial charge in [0.25, 0.3) is 0 Å². The van der Waals surface area contributed by atoms with Gasteiger partial charge in [0.1, 0.15) is 0 Å². The van der Waals surface area contributed by atoms with Gasteiger partial charge in [0.05, 0.1) is 33.5 Å². The summed E-state index contributed by atoms with van der Waals surface area (Å²) < 4.78 is 4.79. The van der Waals surface area contributed by atoms with Crippen molar-refractivity contribution in [2.75, 3.05) is 0 Å². The van der Waals surface area contributed by atoms with E-state index in [1.807, 2.05) is 24.3 Å². The lowest BCUT2D eigenvalue weighted by Gasteiger charge is -2.13. The summed E-state index contributed by atoms with van der Waals surface area (Å²) in [6, 6.07) is 73.2. The zero-order chi connectivity index (χ0) is 37.0. The number of aromatic nitrogens is 4. The van der Waals surface area contributed by atoms with Crippen molar-refractivity contribution >= 4 is 43.6 Å². The first-order valence-electron chi connectivity index (χ1n) is 19.0. The fraction of sp³-hybridized carbons (Fsp3) is 0. The molecule has 0 saturated heterocycles. The number of benzene rings is 8. The van der Waals surface area contributed by atoms with Crippen LogP contribution in [0.15, 0.2) is 206 Å². The highest BCUT2D eigenvalue weighted by atomic mass is 15.0. The molecule has 0 saturated carbocycles. The molecule has 0 amide bonds. The Hall–Kier alpha value is -7.56. The van der Waals surface area contributed by atoms with E-state index in [-0.39, 0.29) is 0 Å². The minimum atomic E-state index is 0.700. The maximum atomic E-state index is 5.28. The fourth-order valence-electron chi connectivity index (χ4n) is 8.46. The number of hydrogen-bond acceptors (Lipinski definition) is 2. The van der Waals surface area contributed by atoms with Crippen LogP contribution >= 0.6 is 0 Å². The highest BCUT2D eigenvalue weighted by Crippen LogP contribution is 2.43. The van der Waals surface area contributed by atoms with Crippen LogP contribution < -0.4 is 0 Å². The fourth-order valence-corrected chi connectivity index (χ4v) is 8.46. The van der Waals surface area contributed by atoms with Crippen molar-refractivity contribution in [3.63, 3.8) is 0 Å². The lowest BCUT2D eigenvalue weighted by Crippen LogP contribution is -1.99. The Morgan fingerprint density at radius 2 is 0.875 bits per heavy atom. The number of nitrogens with zero attached hydrogens (tertiary/aromatic N) is 4. The Morgan fingerprint density at radius 1 is 0.321 bits per heavy atom. The van der Waals surface area contributed by atoms with Crippen molar-refractivity contribution in [2.45, 2.75) is 0 Å². The highest BCUT2D eigenvalue weighted by Gasteiger charge is 2.21. The van der Waals surface area contributed by atoms with E-state index in [4.69, 9.17) is 9.97 Å². The molecule has 0 aliphatic carbocycles. The molecule has 262 valence electrons. The Labute approximate surface area is 324 Å². The molecule has 4 heteroatoms. The van der Waals surface area contributed by atoms with Crippen molar-refractivity contribution in [3.8, 4) is 56.4 Å². The summed E-state index contributed by atoms with van der Waals surface area (Å²) in [4.78, 5) is 10.4. The van der Waals surface area contributed by atoms with Gasteiger partial charge in [-0.1, -0.05) is 152 Å². The van der Waals surface area contributed by atoms with Crippen LogP contribution in [0, 0.1) is 0 Å². The second-order valence-electron chi connectivity index (χ2n) is 14.2. The predicted molar refractivity (Wildman–Crippen MR) is 232 cm³/mol. The third kappa shape index (κ3) is 5.15.